The fourth-order valence-corrected chi connectivity index (χ4v) is 10.2. The first-order valence-corrected chi connectivity index (χ1v) is 17.5. The van der Waals surface area contributed by atoms with E-state index in [1.807, 2.05) is 0 Å². The lowest BCUT2D eigenvalue weighted by Gasteiger charge is -2.47. The fraction of sp³-hybridized carbons (Fsp3) is 0.256. The summed E-state index contributed by atoms with van der Waals surface area (Å²) in [5.74, 6) is 0.626. The van der Waals surface area contributed by atoms with Gasteiger partial charge in [0, 0.05) is 51.4 Å². The molecule has 3 aliphatic carbocycles. The minimum Gasteiger partial charge on any atom is -0.338 e. The Morgan fingerprint density at radius 1 is 0.761 bits per heavy atom. The zero-order valence-electron chi connectivity index (χ0n) is 26.8. The van der Waals surface area contributed by atoms with E-state index in [1.54, 1.807) is 11.0 Å². The molecular weight excluding hydrogens is 555 g/mol. The highest BCUT2D eigenvalue weighted by Gasteiger charge is 2.56. The van der Waals surface area contributed by atoms with Gasteiger partial charge in [0.15, 0.2) is 0 Å². The van der Waals surface area contributed by atoms with Crippen LogP contribution in [0.2, 0.25) is 0 Å². The van der Waals surface area contributed by atoms with Gasteiger partial charge in [-0.15, -0.1) is 0 Å². The Morgan fingerprint density at radius 3 is 2.33 bits per heavy atom. The highest BCUT2D eigenvalue weighted by molar-refractivity contribution is 6.95. The molecule has 46 heavy (non-hydrogen) atoms. The van der Waals surface area contributed by atoms with Gasteiger partial charge < -0.3 is 9.80 Å². The van der Waals surface area contributed by atoms with Crippen molar-refractivity contribution in [1.82, 2.24) is 0 Å². The summed E-state index contributed by atoms with van der Waals surface area (Å²) in [5, 5.41) is 0. The Hall–Kier alpha value is -4.50. The number of anilines is 4. The van der Waals surface area contributed by atoms with Crippen molar-refractivity contribution in [3.63, 3.8) is 0 Å². The Bertz CT molecular complexity index is 2050. The summed E-state index contributed by atoms with van der Waals surface area (Å²) in [5.41, 5.74) is 18.4. The van der Waals surface area contributed by atoms with E-state index in [-0.39, 0.29) is 12.1 Å². The minimum absolute atomic E-state index is 0.188. The maximum absolute atomic E-state index is 2.80. The van der Waals surface area contributed by atoms with Crippen molar-refractivity contribution in [1.29, 1.82) is 0 Å². The van der Waals surface area contributed by atoms with Gasteiger partial charge in [-0.05, 0) is 83.1 Å². The van der Waals surface area contributed by atoms with Gasteiger partial charge in [-0.1, -0.05) is 123 Å². The lowest BCUT2D eigenvalue weighted by atomic mass is 9.30. The molecule has 2 unspecified atom stereocenters. The predicted molar refractivity (Wildman–Crippen MR) is 194 cm³/mol. The molecule has 10 rings (SSSR count). The molecule has 6 aliphatic rings. The molecule has 0 saturated heterocycles. The summed E-state index contributed by atoms with van der Waals surface area (Å²) < 4.78 is 0. The topological polar surface area (TPSA) is 6.48 Å². The summed E-state index contributed by atoms with van der Waals surface area (Å²) >= 11 is 0. The molecule has 224 valence electrons. The fourth-order valence-electron chi connectivity index (χ4n) is 10.2. The zero-order chi connectivity index (χ0) is 30.6. The molecule has 2 atom stereocenters. The lowest BCUT2D eigenvalue weighted by Crippen LogP contribution is -2.58. The molecule has 0 N–H and O–H groups in total. The molecule has 4 aromatic rings. The zero-order valence-corrected chi connectivity index (χ0v) is 26.8. The minimum atomic E-state index is -0.188. The molecule has 4 aromatic carbocycles. The van der Waals surface area contributed by atoms with Crippen molar-refractivity contribution in [2.24, 2.45) is 5.41 Å². The van der Waals surface area contributed by atoms with Crippen LogP contribution in [-0.4, -0.2) is 12.8 Å². The predicted octanol–water partition coefficient (Wildman–Crippen LogP) is 9.50. The van der Waals surface area contributed by atoms with Gasteiger partial charge in [-0.25, -0.2) is 0 Å². The van der Waals surface area contributed by atoms with Crippen LogP contribution in [0.25, 0.3) is 5.57 Å². The Balaban J connectivity index is 1.33. The van der Waals surface area contributed by atoms with Gasteiger partial charge in [0.25, 0.3) is 0 Å². The van der Waals surface area contributed by atoms with Crippen molar-refractivity contribution in [2.75, 3.05) is 9.80 Å². The Morgan fingerprint density at radius 2 is 1.52 bits per heavy atom. The van der Waals surface area contributed by atoms with Crippen molar-refractivity contribution >= 4 is 46.0 Å². The second-order valence-corrected chi connectivity index (χ2v) is 14.6. The average Bonchev–Trinajstić information content (AvgIpc) is 3.57. The summed E-state index contributed by atoms with van der Waals surface area (Å²) in [6.45, 7) is 5.23. The SMILES string of the molecule is CC1(C)C2=C(C(c3ccccc3)=C1C1=CCCC=C1)N(c1ccccc1)c1cccc3c1B2c1cccc2c1N3C1CCCCC21. The van der Waals surface area contributed by atoms with Crippen LogP contribution in [0.3, 0.4) is 0 Å². The summed E-state index contributed by atoms with van der Waals surface area (Å²) in [4.78, 5) is 5.44. The Kier molecular flexibility index (Phi) is 5.66. The number of benzene rings is 4. The van der Waals surface area contributed by atoms with Gasteiger partial charge in [-0.2, -0.15) is 0 Å². The standard InChI is InChI=1S/C43H39BN2/c1-43(2)38(29-18-8-4-9-19-29)37(28-16-6-3-7-17-28)41-42(43)44-33-24-14-23-32-31-22-12-13-25-34(31)46(40(32)33)36-27-15-26-35(39(36)44)45(41)30-20-10-5-11-21-30/h3,5-8,10-11,14-21,23-24,26-27,31,34H,4,9,12-13,22,25H2,1-2H3. The van der Waals surface area contributed by atoms with Gasteiger partial charge in [-0.3, -0.25) is 0 Å². The second kappa shape index (κ2) is 9.75. The summed E-state index contributed by atoms with van der Waals surface area (Å²) in [7, 11) is 0. The van der Waals surface area contributed by atoms with E-state index in [4.69, 9.17) is 0 Å². The monoisotopic (exact) mass is 594 g/mol. The lowest BCUT2D eigenvalue weighted by molar-refractivity contribution is 0.402. The highest BCUT2D eigenvalue weighted by Crippen LogP contribution is 2.61. The van der Waals surface area contributed by atoms with Crippen molar-refractivity contribution in [2.45, 2.75) is 64.3 Å². The van der Waals surface area contributed by atoms with Crippen LogP contribution in [0.5, 0.6) is 0 Å². The molecule has 0 aromatic heterocycles. The van der Waals surface area contributed by atoms with E-state index in [0.29, 0.717) is 12.0 Å². The third-order valence-corrected chi connectivity index (χ3v) is 11.9. The quantitative estimate of drug-likeness (QED) is 0.218. The smallest absolute Gasteiger partial charge is 0.248 e. The molecular formula is C43H39BN2. The Labute approximate surface area is 273 Å². The van der Waals surface area contributed by atoms with Gasteiger partial charge >= 0.3 is 0 Å². The number of hydrogen-bond acceptors (Lipinski definition) is 2. The molecule has 3 heteroatoms. The van der Waals surface area contributed by atoms with E-state index in [0.717, 1.165) is 12.8 Å². The summed E-state index contributed by atoms with van der Waals surface area (Å²) in [6, 6.07) is 37.4. The van der Waals surface area contributed by atoms with Crippen LogP contribution < -0.4 is 20.7 Å². The second-order valence-electron chi connectivity index (χ2n) is 14.6. The average molecular weight is 595 g/mol. The third-order valence-electron chi connectivity index (χ3n) is 11.9. The first-order chi connectivity index (χ1) is 22.6. The van der Waals surface area contributed by atoms with Crippen LogP contribution in [0.15, 0.2) is 138 Å². The molecule has 1 fully saturated rings. The normalized spacial score (nSPS) is 23.3. The largest absolute Gasteiger partial charge is 0.338 e. The van der Waals surface area contributed by atoms with E-state index in [2.05, 4.69) is 139 Å². The van der Waals surface area contributed by atoms with Gasteiger partial charge in [0.2, 0.25) is 6.71 Å². The molecule has 3 heterocycles. The highest BCUT2D eigenvalue weighted by atomic mass is 15.2. The van der Waals surface area contributed by atoms with E-state index in [9.17, 15) is 0 Å². The summed E-state index contributed by atoms with van der Waals surface area (Å²) in [6.07, 6.45) is 14.7. The van der Waals surface area contributed by atoms with Crippen molar-refractivity contribution in [3.8, 4) is 0 Å². The van der Waals surface area contributed by atoms with Gasteiger partial charge in [0.1, 0.15) is 0 Å². The van der Waals surface area contributed by atoms with Crippen LogP contribution >= 0.6 is 0 Å². The maximum atomic E-state index is 2.80. The van der Waals surface area contributed by atoms with E-state index in [1.165, 1.54) is 87.3 Å². The first kappa shape index (κ1) is 26.7. The first-order valence-electron chi connectivity index (χ1n) is 17.5. The number of rotatable bonds is 3. The molecule has 0 bridgehead atoms. The van der Waals surface area contributed by atoms with E-state index >= 15 is 0 Å². The molecule has 0 spiro atoms. The molecule has 2 nitrogen and oxygen atoms in total. The van der Waals surface area contributed by atoms with Crippen molar-refractivity contribution in [3.05, 3.63) is 149 Å². The van der Waals surface area contributed by atoms with E-state index < -0.39 is 0 Å². The van der Waals surface area contributed by atoms with Crippen LogP contribution in [0.1, 0.15) is 69.4 Å². The number of nitrogens with zero attached hydrogens (tertiary/aromatic N) is 2. The van der Waals surface area contributed by atoms with Crippen molar-refractivity contribution < 1.29 is 0 Å². The van der Waals surface area contributed by atoms with Crippen LogP contribution in [0.4, 0.5) is 22.7 Å². The van der Waals surface area contributed by atoms with Gasteiger partial charge in [0.05, 0.1) is 0 Å². The molecule has 0 radical (unpaired) electrons. The van der Waals surface area contributed by atoms with Crippen LogP contribution in [0, 0.1) is 5.41 Å². The number of para-hydroxylation sites is 2. The molecule has 0 amide bonds. The number of allylic oxidation sites excluding steroid dienone is 7. The van der Waals surface area contributed by atoms with Crippen LogP contribution in [-0.2, 0) is 0 Å². The number of hydrogen-bond donors (Lipinski definition) is 0. The maximum Gasteiger partial charge on any atom is 0.248 e. The third kappa shape index (κ3) is 3.44. The number of fused-ring (bicyclic) bond motifs is 6. The molecule has 1 saturated carbocycles. The molecule has 3 aliphatic heterocycles.